The maximum Gasteiger partial charge on any atom is 0.220 e. The molecular weight excluding hydrogens is 470 g/mol. The van der Waals surface area contributed by atoms with Crippen LogP contribution in [0.25, 0.3) is 0 Å². The van der Waals surface area contributed by atoms with Gasteiger partial charge in [0.25, 0.3) is 0 Å². The van der Waals surface area contributed by atoms with Gasteiger partial charge >= 0.3 is 0 Å². The highest BCUT2D eigenvalue weighted by Crippen LogP contribution is 2.17. The van der Waals surface area contributed by atoms with E-state index in [9.17, 15) is 4.79 Å². The average Bonchev–Trinajstić information content (AvgIpc) is 2.95. The molecule has 5 heteroatoms. The number of rotatable bonds is 22. The van der Waals surface area contributed by atoms with Gasteiger partial charge in [-0.15, -0.1) is 0 Å². The minimum absolute atomic E-state index is 0.0300. The molecule has 0 radical (unpaired) electrons. The van der Waals surface area contributed by atoms with Crippen LogP contribution >= 0.6 is 0 Å². The molecular formula is C33H59N3O2. The van der Waals surface area contributed by atoms with Gasteiger partial charge in [0.2, 0.25) is 5.91 Å². The third-order valence-electron chi connectivity index (χ3n) is 6.73. The van der Waals surface area contributed by atoms with Gasteiger partial charge in [-0.05, 0) is 56.8 Å². The van der Waals surface area contributed by atoms with Crippen molar-refractivity contribution in [2.75, 3.05) is 20.1 Å². The summed E-state index contributed by atoms with van der Waals surface area (Å²) in [7, 11) is 1.95. The molecule has 0 fully saturated rings. The fraction of sp³-hybridized carbons (Fsp3) is 0.697. The second kappa shape index (κ2) is 25.2. The molecule has 0 aliphatic rings. The van der Waals surface area contributed by atoms with Crippen molar-refractivity contribution >= 4 is 11.6 Å². The number of nitrogens with one attached hydrogen (secondary N) is 2. The Morgan fingerprint density at radius 1 is 0.921 bits per heavy atom. The molecule has 0 aliphatic heterocycles. The fourth-order valence-electron chi connectivity index (χ4n) is 4.12. The van der Waals surface area contributed by atoms with Gasteiger partial charge in [0, 0.05) is 12.3 Å². The number of amides is 1. The second-order valence-corrected chi connectivity index (χ2v) is 10.0. The van der Waals surface area contributed by atoms with Crippen LogP contribution in [0.2, 0.25) is 0 Å². The van der Waals surface area contributed by atoms with Crippen LogP contribution in [0.3, 0.4) is 0 Å². The van der Waals surface area contributed by atoms with Crippen LogP contribution in [0, 0.1) is 5.92 Å². The molecule has 0 bridgehead atoms. The number of carbonyl (C=O) groups excluding carboxylic acids is 1. The highest BCUT2D eigenvalue weighted by Gasteiger charge is 2.13. The molecule has 0 aliphatic carbocycles. The summed E-state index contributed by atoms with van der Waals surface area (Å²) in [4.78, 5) is 17.6. The normalized spacial score (nSPS) is 11.9. The quantitative estimate of drug-likeness (QED) is 0.0684. The molecule has 1 atom stereocenters. The third-order valence-corrected chi connectivity index (χ3v) is 6.73. The van der Waals surface area contributed by atoms with E-state index in [2.05, 4.69) is 67.4 Å². The van der Waals surface area contributed by atoms with Gasteiger partial charge in [-0.3, -0.25) is 4.79 Å². The van der Waals surface area contributed by atoms with Crippen LogP contribution in [0.15, 0.2) is 41.8 Å². The second-order valence-electron chi connectivity index (χ2n) is 10.0. The molecule has 1 rings (SSSR count). The SMILES string of the molecule is C=C(CNC(=O)CCCCCNC)O/N=C(/c1ccc(CCCCCCCCCC)cc1)C(C)CC.CC. The summed E-state index contributed by atoms with van der Waals surface area (Å²) in [6, 6.07) is 8.76. The lowest BCUT2D eigenvalue weighted by Crippen LogP contribution is -2.25. The molecule has 5 nitrogen and oxygen atoms in total. The molecule has 0 aromatic heterocycles. The Balaban J connectivity index is 0.00000667. The van der Waals surface area contributed by atoms with Crippen molar-refractivity contribution in [3.8, 4) is 0 Å². The van der Waals surface area contributed by atoms with Gasteiger partial charge < -0.3 is 15.5 Å². The zero-order valence-corrected chi connectivity index (χ0v) is 25.7. The number of benzene rings is 1. The van der Waals surface area contributed by atoms with Crippen molar-refractivity contribution in [2.45, 2.75) is 125 Å². The van der Waals surface area contributed by atoms with Gasteiger partial charge in [0.15, 0.2) is 0 Å². The van der Waals surface area contributed by atoms with E-state index in [0.717, 1.165) is 49.9 Å². The smallest absolute Gasteiger partial charge is 0.220 e. The summed E-state index contributed by atoms with van der Waals surface area (Å²) in [5.41, 5.74) is 3.39. The highest BCUT2D eigenvalue weighted by atomic mass is 16.6. The first-order valence-corrected chi connectivity index (χ1v) is 15.4. The molecule has 1 unspecified atom stereocenters. The zero-order valence-electron chi connectivity index (χ0n) is 25.7. The number of aryl methyl sites for hydroxylation is 1. The molecule has 0 heterocycles. The first-order valence-electron chi connectivity index (χ1n) is 15.4. The van der Waals surface area contributed by atoms with Crippen molar-refractivity contribution in [3.63, 3.8) is 0 Å². The Morgan fingerprint density at radius 3 is 2.13 bits per heavy atom. The predicted molar refractivity (Wildman–Crippen MR) is 166 cm³/mol. The van der Waals surface area contributed by atoms with E-state index >= 15 is 0 Å². The number of carbonyl (C=O) groups is 1. The first-order chi connectivity index (χ1) is 18.5. The van der Waals surface area contributed by atoms with E-state index in [0.29, 0.717) is 12.2 Å². The summed E-state index contributed by atoms with van der Waals surface area (Å²) >= 11 is 0. The largest absolute Gasteiger partial charge is 0.360 e. The van der Waals surface area contributed by atoms with E-state index in [1.54, 1.807) is 0 Å². The van der Waals surface area contributed by atoms with Crippen LogP contribution < -0.4 is 10.6 Å². The first kappa shape index (κ1) is 35.9. The summed E-state index contributed by atoms with van der Waals surface area (Å²) < 4.78 is 0. The Hall–Kier alpha value is -2.14. The molecule has 38 heavy (non-hydrogen) atoms. The Bertz CT molecular complexity index is 743. The molecule has 0 saturated carbocycles. The lowest BCUT2D eigenvalue weighted by molar-refractivity contribution is -0.121. The van der Waals surface area contributed by atoms with Crippen LogP contribution in [0.1, 0.15) is 129 Å². The van der Waals surface area contributed by atoms with Gasteiger partial charge in [0.1, 0.15) is 5.76 Å². The monoisotopic (exact) mass is 529 g/mol. The van der Waals surface area contributed by atoms with Crippen LogP contribution in [0.4, 0.5) is 0 Å². The van der Waals surface area contributed by atoms with E-state index in [1.807, 2.05) is 20.9 Å². The van der Waals surface area contributed by atoms with Gasteiger partial charge in [-0.2, -0.15) is 0 Å². The highest BCUT2D eigenvalue weighted by molar-refractivity contribution is 6.01. The number of unbranched alkanes of at least 4 members (excludes halogenated alkanes) is 9. The van der Waals surface area contributed by atoms with Gasteiger partial charge in [0.05, 0.1) is 12.3 Å². The Morgan fingerprint density at radius 2 is 1.53 bits per heavy atom. The van der Waals surface area contributed by atoms with Crippen molar-refractivity contribution in [3.05, 3.63) is 47.7 Å². The maximum absolute atomic E-state index is 12.0. The minimum Gasteiger partial charge on any atom is -0.360 e. The van der Waals surface area contributed by atoms with E-state index in [4.69, 9.17) is 4.84 Å². The zero-order chi connectivity index (χ0) is 28.4. The molecule has 218 valence electrons. The van der Waals surface area contributed by atoms with Crippen LogP contribution in [0.5, 0.6) is 0 Å². The van der Waals surface area contributed by atoms with Crippen molar-refractivity contribution in [2.24, 2.45) is 11.1 Å². The number of oxime groups is 1. The third kappa shape index (κ3) is 18.2. The van der Waals surface area contributed by atoms with Gasteiger partial charge in [-0.25, -0.2) is 0 Å². The molecule has 0 saturated heterocycles. The number of nitrogens with zero attached hydrogens (tertiary/aromatic N) is 1. The Labute approximate surface area is 235 Å². The van der Waals surface area contributed by atoms with Crippen molar-refractivity contribution in [1.82, 2.24) is 10.6 Å². The van der Waals surface area contributed by atoms with Crippen LogP contribution in [-0.2, 0) is 16.1 Å². The molecule has 1 aromatic rings. The van der Waals surface area contributed by atoms with E-state index in [-0.39, 0.29) is 18.4 Å². The molecule has 1 amide bonds. The standard InChI is InChI=1S/C31H53N3O2.C2H6/c1-6-8-9-10-11-12-13-15-18-28-20-22-29(23-21-28)31(26(3)7-2)34-36-27(4)25-33-30(35)19-16-14-17-24-32-5;1-2/h20-23,26,32H,4,6-19,24-25H2,1-3,5H3,(H,33,35);1-2H3/b34-31+;. The maximum atomic E-state index is 12.0. The summed E-state index contributed by atoms with van der Waals surface area (Å²) in [5, 5.41) is 10.4. The summed E-state index contributed by atoms with van der Waals surface area (Å²) in [6.07, 6.45) is 16.4. The Kier molecular flexibility index (Phi) is 23.7. The lowest BCUT2D eigenvalue weighted by atomic mass is 9.95. The number of hydrogen-bond acceptors (Lipinski definition) is 4. The van der Waals surface area contributed by atoms with Crippen molar-refractivity contribution in [1.29, 1.82) is 0 Å². The number of hydrogen-bond donors (Lipinski definition) is 2. The van der Waals surface area contributed by atoms with Crippen LogP contribution in [-0.4, -0.2) is 31.8 Å². The minimum atomic E-state index is 0.0300. The summed E-state index contributed by atoms with van der Waals surface area (Å²) in [5.74, 6) is 0.747. The topological polar surface area (TPSA) is 62.7 Å². The van der Waals surface area contributed by atoms with E-state index < -0.39 is 0 Å². The fourth-order valence-corrected chi connectivity index (χ4v) is 4.12. The molecule has 0 spiro atoms. The van der Waals surface area contributed by atoms with E-state index in [1.165, 1.54) is 56.9 Å². The average molecular weight is 530 g/mol. The molecule has 2 N–H and O–H groups in total. The van der Waals surface area contributed by atoms with Crippen molar-refractivity contribution < 1.29 is 9.63 Å². The predicted octanol–water partition coefficient (Wildman–Crippen LogP) is 8.57. The molecule has 1 aromatic carbocycles. The van der Waals surface area contributed by atoms with Gasteiger partial charge in [-0.1, -0.05) is 122 Å². The lowest BCUT2D eigenvalue weighted by Gasteiger charge is -2.14. The summed E-state index contributed by atoms with van der Waals surface area (Å²) in [6.45, 7) is 15.8.